The van der Waals surface area contributed by atoms with Gasteiger partial charge in [-0.3, -0.25) is 38.4 Å². The van der Waals surface area contributed by atoms with E-state index in [2.05, 4.69) is 16.0 Å². The lowest BCUT2D eigenvalue weighted by Gasteiger charge is -2.41. The van der Waals surface area contributed by atoms with Gasteiger partial charge in [0.25, 0.3) is 5.91 Å². The molecule has 27 heteroatoms. The molecule has 0 unspecified atom stereocenters. The average Bonchev–Trinajstić information content (AvgIpc) is 1.66. The zero-order chi connectivity index (χ0) is 83.9. The number of nitrogens with two attached hydrogens (primary N) is 1. The van der Waals surface area contributed by atoms with E-state index in [0.717, 1.165) is 16.7 Å². The molecule has 0 saturated carbocycles. The van der Waals surface area contributed by atoms with Crippen molar-refractivity contribution in [3.63, 3.8) is 0 Å². The summed E-state index contributed by atoms with van der Waals surface area (Å²) in [6.45, 7) is 22.2. The van der Waals surface area contributed by atoms with Crippen molar-refractivity contribution >= 4 is 84.2 Å². The monoisotopic (exact) mass is 1600 g/mol. The third-order valence-corrected chi connectivity index (χ3v) is 25.6. The number of likely N-dealkylation sites (N-methyl/N-ethyl adjacent to an activating group) is 2. The number of benzene rings is 5. The van der Waals surface area contributed by atoms with Gasteiger partial charge in [-0.15, -0.1) is 0 Å². The second kappa shape index (κ2) is 42.9. The van der Waals surface area contributed by atoms with Crippen LogP contribution in [0.2, 0.25) is 0 Å². The Balaban J connectivity index is 1.07. The van der Waals surface area contributed by atoms with Gasteiger partial charge in [-0.25, -0.2) is 26.4 Å². The predicted molar refractivity (Wildman–Crippen MR) is 433 cm³/mol. The lowest BCUT2D eigenvalue weighted by Crippen LogP contribution is -2.54. The van der Waals surface area contributed by atoms with E-state index in [9.17, 15) is 69.9 Å². The van der Waals surface area contributed by atoms with Gasteiger partial charge >= 0.3 is 12.1 Å². The first kappa shape index (κ1) is 92.8. The van der Waals surface area contributed by atoms with E-state index in [0.29, 0.717) is 37.1 Å². The largest absolute Gasteiger partial charge is 0.445 e. The Morgan fingerprint density at radius 3 is 1.71 bits per heavy atom. The highest BCUT2D eigenvalue weighted by atomic mass is 32.2. The third-order valence-electron chi connectivity index (χ3n) is 21.9. The third kappa shape index (κ3) is 26.0. The number of aliphatic hydroxyl groups is 1. The Hall–Kier alpha value is -9.02. The number of carbonyl (C=O) groups excluding carboxylic acids is 10. The Kier molecular flexibility index (Phi) is 35.3. The van der Waals surface area contributed by atoms with Crippen LogP contribution in [0.1, 0.15) is 176 Å². The number of aliphatic hydroxyl groups excluding tert-OH is 1. The van der Waals surface area contributed by atoms with E-state index in [4.69, 9.17) is 19.9 Å². The topological polar surface area (TPSA) is 359 Å². The Morgan fingerprint density at radius 1 is 0.628 bits per heavy atom. The Labute approximate surface area is 667 Å². The van der Waals surface area contributed by atoms with Crippen LogP contribution in [0.15, 0.2) is 137 Å². The maximum absolute atomic E-state index is 15.0. The summed E-state index contributed by atoms with van der Waals surface area (Å²) >= 11 is 0. The van der Waals surface area contributed by atoms with Crippen LogP contribution in [0.5, 0.6) is 0 Å². The summed E-state index contributed by atoms with van der Waals surface area (Å²) < 4.78 is 73.0. The normalized spacial score (nSPS) is 16.2. The molecule has 7 amide bonds. The van der Waals surface area contributed by atoms with Gasteiger partial charge in [0.05, 0.1) is 76.1 Å². The minimum absolute atomic E-state index is 0.0164. The van der Waals surface area contributed by atoms with E-state index >= 15 is 0 Å². The molecular formula is C86H119N7O18S2. The molecule has 618 valence electrons. The van der Waals surface area contributed by atoms with E-state index in [-0.39, 0.29) is 114 Å². The SMILES string of the molecule is CC[C@H](C)[C@H]([C@@H](CC(=O)N1CCC[C@H]1[C@H](OC)[C@@H](C)C(=O)C[C@H](C)[C@@H](O)c1ccccc1)OC)N(C)C(=O)[C@@H](CC(=O)[C@H](C(C)C)N(C)C(=O)OCc1ccc(NC(=O)[C@H](CCCNC(N)=O)CC(=O)[C@@H](NC(=O)c2ccc(C(=O)C(CS(=O)(=O)c3ccc(C)cc3)CS(=O)(=O)c3ccc(C)cc3)cc2)C(C)C)cc1)C(C)C. The number of rotatable bonds is 44. The van der Waals surface area contributed by atoms with Crippen molar-refractivity contribution in [3.8, 4) is 0 Å². The lowest BCUT2D eigenvalue weighted by molar-refractivity contribution is -0.149. The van der Waals surface area contributed by atoms with Crippen LogP contribution in [0.25, 0.3) is 0 Å². The van der Waals surface area contributed by atoms with Crippen molar-refractivity contribution in [1.29, 1.82) is 0 Å². The Bertz CT molecular complexity index is 4200. The van der Waals surface area contributed by atoms with Crippen LogP contribution in [-0.2, 0) is 69.3 Å². The zero-order valence-corrected chi connectivity index (χ0v) is 70.0. The fraction of sp³-hybridized carbons (Fsp3) is 0.535. The number of amides is 7. The lowest BCUT2D eigenvalue weighted by atomic mass is 9.83. The zero-order valence-electron chi connectivity index (χ0n) is 68.4. The first-order valence-electron chi connectivity index (χ1n) is 39.0. The van der Waals surface area contributed by atoms with Gasteiger partial charge in [0.15, 0.2) is 37.0 Å². The molecule has 1 aliphatic heterocycles. The molecule has 5 aromatic rings. The standard InChI is InChI=1S/C86H119N7O18S2/c1-17-57(10)78(74(109-15)48-75(97)93-44-22-26-70(93)81(110-16)59(12)71(94)45-58(11)79(98)61-23-19-18-20-24-61)91(13)84(102)69(52(2)3)47-73(96)77(54(6)7)92(14)86(104)111-49-60-31-37-66(38-32-60)89-83(101)64(25-21-43-88-85(87)103)46-72(95)76(53(4)5)90-82(100)63-35-33-62(34-36-63)80(99)65(50-112(105,106)67-39-27-55(8)28-40-67)51-113(107,108)68-41-29-56(9)30-42-68/h18-20,23-24,27-42,52-54,57-59,64-65,69-70,74,76-79,81,98H,17,21-22,25-26,43-51H2,1-16H3,(H,89,101)(H,90,100)(H3,87,88,103)/t57-,58-,59-,64+,69-,70-,74+,76-,77-,78+,79+,81+/m0/s1. The van der Waals surface area contributed by atoms with E-state index in [1.807, 2.05) is 71.9 Å². The summed E-state index contributed by atoms with van der Waals surface area (Å²) in [5.74, 6) is -10.9. The van der Waals surface area contributed by atoms with Gasteiger partial charge in [-0.05, 0) is 129 Å². The Morgan fingerprint density at radius 2 is 1.19 bits per heavy atom. The highest BCUT2D eigenvalue weighted by molar-refractivity contribution is 7.92. The fourth-order valence-electron chi connectivity index (χ4n) is 15.0. The summed E-state index contributed by atoms with van der Waals surface area (Å²) in [6, 6.07) is 28.8. The molecule has 0 bridgehead atoms. The van der Waals surface area contributed by atoms with Crippen LogP contribution in [0, 0.1) is 67.1 Å². The number of hydrogen-bond donors (Lipinski definition) is 5. The maximum Gasteiger partial charge on any atom is 0.410 e. The molecule has 0 aliphatic carbocycles. The minimum atomic E-state index is -4.19. The first-order valence-corrected chi connectivity index (χ1v) is 42.4. The van der Waals surface area contributed by atoms with Gasteiger partial charge < -0.3 is 55.7 Å². The van der Waals surface area contributed by atoms with Crippen molar-refractivity contribution in [3.05, 3.63) is 161 Å². The second-order valence-electron chi connectivity index (χ2n) is 31.5. The van der Waals surface area contributed by atoms with Crippen molar-refractivity contribution in [2.75, 3.05) is 58.2 Å². The van der Waals surface area contributed by atoms with Crippen LogP contribution in [-0.4, -0.2) is 185 Å². The molecular weight excluding hydrogens is 1480 g/mol. The number of ether oxygens (including phenoxy) is 3. The molecule has 1 heterocycles. The van der Waals surface area contributed by atoms with Crippen LogP contribution >= 0.6 is 0 Å². The van der Waals surface area contributed by atoms with Crippen molar-refractivity contribution in [2.24, 2.45) is 59.0 Å². The maximum atomic E-state index is 15.0. The van der Waals surface area contributed by atoms with Gasteiger partial charge in [0.1, 0.15) is 12.4 Å². The van der Waals surface area contributed by atoms with Crippen molar-refractivity contribution in [1.82, 2.24) is 25.3 Å². The number of primary amides is 1. The minimum Gasteiger partial charge on any atom is -0.445 e. The number of urea groups is 1. The molecule has 0 radical (unpaired) electrons. The number of carbonyl (C=O) groups is 10. The summed E-state index contributed by atoms with van der Waals surface area (Å²) in [5, 5.41) is 19.2. The number of sulfone groups is 2. The molecule has 5 aromatic carbocycles. The van der Waals surface area contributed by atoms with E-state index in [1.54, 1.807) is 114 Å². The number of Topliss-reactive ketones (excluding diaryl/α,β-unsaturated/α-hetero) is 4. The highest BCUT2D eigenvalue weighted by Crippen LogP contribution is 2.35. The van der Waals surface area contributed by atoms with Gasteiger partial charge in [-0.2, -0.15) is 0 Å². The van der Waals surface area contributed by atoms with Gasteiger partial charge in [0.2, 0.25) is 17.7 Å². The highest BCUT2D eigenvalue weighted by Gasteiger charge is 2.45. The van der Waals surface area contributed by atoms with Crippen molar-refractivity contribution in [2.45, 2.75) is 200 Å². The molecule has 12 atom stereocenters. The molecule has 113 heavy (non-hydrogen) atoms. The van der Waals surface area contributed by atoms with Crippen LogP contribution < -0.4 is 21.7 Å². The number of aryl methyl sites for hydroxylation is 2. The summed E-state index contributed by atoms with van der Waals surface area (Å²) in [4.78, 5) is 145. The van der Waals surface area contributed by atoms with Crippen LogP contribution in [0.3, 0.4) is 0 Å². The first-order chi connectivity index (χ1) is 53.2. The number of nitrogens with one attached hydrogen (secondary N) is 3. The number of nitrogens with zero attached hydrogens (tertiary/aromatic N) is 3. The van der Waals surface area contributed by atoms with Crippen molar-refractivity contribution < 1.29 is 84.1 Å². The van der Waals surface area contributed by atoms with Gasteiger partial charge in [0, 0.05) is 95.2 Å². The number of anilines is 1. The van der Waals surface area contributed by atoms with Crippen LogP contribution in [0.4, 0.5) is 15.3 Å². The molecule has 25 nitrogen and oxygen atoms in total. The fourth-order valence-corrected chi connectivity index (χ4v) is 18.2. The van der Waals surface area contributed by atoms with Gasteiger partial charge in [-0.1, -0.05) is 166 Å². The molecule has 1 saturated heterocycles. The number of hydrogen-bond acceptors (Lipinski definition) is 18. The number of likely N-dealkylation sites (tertiary alicyclic amines) is 1. The summed E-state index contributed by atoms with van der Waals surface area (Å²) in [6.07, 6.45) is -1.27. The molecule has 6 N–H and O–H groups in total. The smallest absolute Gasteiger partial charge is 0.410 e. The summed E-state index contributed by atoms with van der Waals surface area (Å²) in [5.41, 5.74) is 8.42. The number of ketones is 4. The molecule has 1 fully saturated rings. The average molecular weight is 1600 g/mol. The summed E-state index contributed by atoms with van der Waals surface area (Å²) in [7, 11) is -2.20. The molecule has 1 aliphatic rings. The quantitative estimate of drug-likeness (QED) is 0.0179. The molecule has 6 rings (SSSR count). The molecule has 0 aromatic heterocycles. The van der Waals surface area contributed by atoms with E-state index in [1.165, 1.54) is 67.6 Å². The number of methoxy groups -OCH3 is 2. The molecule has 0 spiro atoms. The second-order valence-corrected chi connectivity index (χ2v) is 35.5. The van der Waals surface area contributed by atoms with E-state index < -0.39 is 145 Å². The predicted octanol–water partition coefficient (Wildman–Crippen LogP) is 11.5.